The summed E-state index contributed by atoms with van der Waals surface area (Å²) < 4.78 is 18.6. The van der Waals surface area contributed by atoms with Gasteiger partial charge in [0.1, 0.15) is 22.8 Å². The number of thiophene rings is 1. The number of esters is 1. The molecule has 1 aliphatic rings. The maximum Gasteiger partial charge on any atom is 0.309 e. The van der Waals surface area contributed by atoms with Gasteiger partial charge in [-0.3, -0.25) is 4.79 Å². The van der Waals surface area contributed by atoms with Crippen LogP contribution in [0.4, 0.5) is 15.9 Å². The molecule has 1 aliphatic carbocycles. The summed E-state index contributed by atoms with van der Waals surface area (Å²) in [4.78, 5) is 22.9. The molecule has 0 fully saturated rings. The number of hydrogen-bond acceptors (Lipinski definition) is 6. The normalized spacial score (nSPS) is 16.2. The van der Waals surface area contributed by atoms with Gasteiger partial charge in [0.25, 0.3) is 0 Å². The van der Waals surface area contributed by atoms with E-state index in [0.29, 0.717) is 24.5 Å². The number of fused-ring (bicyclic) bond motifs is 3. The van der Waals surface area contributed by atoms with Crippen LogP contribution in [0.25, 0.3) is 10.2 Å². The average molecular weight is 406 g/mol. The van der Waals surface area contributed by atoms with Crippen molar-refractivity contribution >= 4 is 50.6 Å². The summed E-state index contributed by atoms with van der Waals surface area (Å²) in [5.41, 5.74) is 1.83. The topological polar surface area (TPSA) is 64.1 Å². The van der Waals surface area contributed by atoms with Crippen molar-refractivity contribution < 1.29 is 13.9 Å². The lowest BCUT2D eigenvalue weighted by atomic mass is 9.88. The third-order valence-corrected chi connectivity index (χ3v) is 6.10. The van der Waals surface area contributed by atoms with Crippen LogP contribution in [-0.2, 0) is 22.4 Å². The Morgan fingerprint density at radius 1 is 1.44 bits per heavy atom. The molecule has 2 heterocycles. The van der Waals surface area contributed by atoms with Crippen LogP contribution in [0.15, 0.2) is 24.5 Å². The van der Waals surface area contributed by atoms with E-state index in [0.717, 1.165) is 27.9 Å². The Hall–Kier alpha value is -2.25. The Bertz CT molecular complexity index is 1020. The summed E-state index contributed by atoms with van der Waals surface area (Å²) in [5.74, 6) is -0.0421. The van der Waals surface area contributed by atoms with Crippen LogP contribution in [0.1, 0.15) is 23.8 Å². The summed E-state index contributed by atoms with van der Waals surface area (Å²) in [6, 6.07) is 4.46. The molecule has 0 saturated carbocycles. The maximum atomic E-state index is 13.4. The highest BCUT2D eigenvalue weighted by Crippen LogP contribution is 2.40. The first-order valence-corrected chi connectivity index (χ1v) is 9.90. The average Bonchev–Trinajstić information content (AvgIpc) is 3.03. The van der Waals surface area contributed by atoms with E-state index in [-0.39, 0.29) is 16.9 Å². The van der Waals surface area contributed by atoms with Gasteiger partial charge in [0, 0.05) is 10.6 Å². The van der Waals surface area contributed by atoms with E-state index in [9.17, 15) is 9.18 Å². The van der Waals surface area contributed by atoms with Crippen molar-refractivity contribution in [3.63, 3.8) is 0 Å². The van der Waals surface area contributed by atoms with E-state index >= 15 is 0 Å². The van der Waals surface area contributed by atoms with Crippen molar-refractivity contribution in [1.82, 2.24) is 9.97 Å². The number of nitrogens with one attached hydrogen (secondary N) is 1. The smallest absolute Gasteiger partial charge is 0.309 e. The molecule has 5 nitrogen and oxygen atoms in total. The maximum absolute atomic E-state index is 13.4. The van der Waals surface area contributed by atoms with Crippen molar-refractivity contribution in [2.75, 3.05) is 11.9 Å². The van der Waals surface area contributed by atoms with Crippen molar-refractivity contribution in [1.29, 1.82) is 0 Å². The monoisotopic (exact) mass is 405 g/mol. The number of nitrogens with zero attached hydrogens (tertiary/aromatic N) is 2. The highest BCUT2D eigenvalue weighted by Gasteiger charge is 2.29. The van der Waals surface area contributed by atoms with E-state index < -0.39 is 5.82 Å². The van der Waals surface area contributed by atoms with Gasteiger partial charge in [-0.1, -0.05) is 11.6 Å². The lowest BCUT2D eigenvalue weighted by Crippen LogP contribution is -2.23. The lowest BCUT2D eigenvalue weighted by molar-refractivity contribution is -0.148. The molecule has 4 rings (SSSR count). The van der Waals surface area contributed by atoms with Gasteiger partial charge in [0.05, 0.1) is 22.9 Å². The third kappa shape index (κ3) is 3.49. The van der Waals surface area contributed by atoms with Crippen molar-refractivity contribution in [2.24, 2.45) is 5.92 Å². The molecule has 0 bridgehead atoms. The minimum absolute atomic E-state index is 0.0509. The molecule has 27 heavy (non-hydrogen) atoms. The van der Waals surface area contributed by atoms with E-state index in [4.69, 9.17) is 16.3 Å². The van der Waals surface area contributed by atoms with E-state index in [1.54, 1.807) is 17.4 Å². The first-order chi connectivity index (χ1) is 13.1. The quantitative estimate of drug-likeness (QED) is 0.626. The summed E-state index contributed by atoms with van der Waals surface area (Å²) in [7, 11) is 0. The standard InChI is InChI=1S/C19H17ClFN3O2S/c1-2-26-19(25)10-3-5-12-15(7-10)27-18-16(12)17(22-9-23-18)24-11-4-6-14(21)13(20)8-11/h4,6,8-10H,2-3,5,7H2,1H3,(H,22,23,24). The van der Waals surface area contributed by atoms with E-state index in [2.05, 4.69) is 15.3 Å². The van der Waals surface area contributed by atoms with Crippen LogP contribution >= 0.6 is 22.9 Å². The molecule has 3 aromatic rings. The minimum Gasteiger partial charge on any atom is -0.466 e. The molecular formula is C19H17ClFN3O2S. The number of rotatable bonds is 4. The van der Waals surface area contributed by atoms with Gasteiger partial charge in [0.15, 0.2) is 0 Å². The SMILES string of the molecule is CCOC(=O)C1CCc2c(sc3ncnc(Nc4ccc(F)c(Cl)c4)c23)C1. The second kappa shape index (κ2) is 7.40. The molecule has 1 unspecified atom stereocenters. The van der Waals surface area contributed by atoms with Gasteiger partial charge in [-0.2, -0.15) is 0 Å². The molecule has 140 valence electrons. The van der Waals surface area contributed by atoms with Crippen LogP contribution in [0, 0.1) is 11.7 Å². The fourth-order valence-electron chi connectivity index (χ4n) is 3.38. The Morgan fingerprint density at radius 2 is 2.30 bits per heavy atom. The van der Waals surface area contributed by atoms with Gasteiger partial charge in [-0.15, -0.1) is 11.3 Å². The van der Waals surface area contributed by atoms with E-state index in [1.165, 1.54) is 24.0 Å². The summed E-state index contributed by atoms with van der Waals surface area (Å²) >= 11 is 7.46. The zero-order valence-electron chi connectivity index (χ0n) is 14.6. The van der Waals surface area contributed by atoms with Crippen LogP contribution < -0.4 is 5.32 Å². The lowest BCUT2D eigenvalue weighted by Gasteiger charge is -2.20. The molecule has 8 heteroatoms. The number of aryl methyl sites for hydroxylation is 1. The third-order valence-electron chi connectivity index (χ3n) is 4.65. The van der Waals surface area contributed by atoms with Gasteiger partial charge in [-0.25, -0.2) is 14.4 Å². The van der Waals surface area contributed by atoms with Gasteiger partial charge in [-0.05, 0) is 49.9 Å². The Morgan fingerprint density at radius 3 is 3.07 bits per heavy atom. The Kier molecular flexibility index (Phi) is 4.97. The molecule has 0 amide bonds. The van der Waals surface area contributed by atoms with Crippen molar-refractivity contribution in [3.05, 3.63) is 45.8 Å². The van der Waals surface area contributed by atoms with Crippen LogP contribution in [-0.4, -0.2) is 22.5 Å². The first-order valence-electron chi connectivity index (χ1n) is 8.70. The number of aromatic nitrogens is 2. The van der Waals surface area contributed by atoms with Crippen molar-refractivity contribution in [2.45, 2.75) is 26.2 Å². The summed E-state index contributed by atoms with van der Waals surface area (Å²) in [5, 5.41) is 4.23. The minimum atomic E-state index is -0.465. The molecule has 0 saturated heterocycles. The molecule has 0 radical (unpaired) electrons. The first kappa shape index (κ1) is 18.1. The second-order valence-corrected chi connectivity index (χ2v) is 7.84. The predicted molar refractivity (Wildman–Crippen MR) is 104 cm³/mol. The molecule has 0 aliphatic heterocycles. The highest BCUT2D eigenvalue weighted by molar-refractivity contribution is 7.19. The number of carbonyl (C=O) groups is 1. The molecule has 1 aromatic carbocycles. The number of halogens is 2. The molecular weight excluding hydrogens is 389 g/mol. The van der Waals surface area contributed by atoms with Crippen LogP contribution in [0.2, 0.25) is 5.02 Å². The predicted octanol–water partition coefficient (Wildman–Crippen LogP) is 4.90. The number of hydrogen-bond donors (Lipinski definition) is 1. The summed E-state index contributed by atoms with van der Waals surface area (Å²) in [6.45, 7) is 2.22. The zero-order valence-corrected chi connectivity index (χ0v) is 16.2. The molecule has 0 spiro atoms. The van der Waals surface area contributed by atoms with E-state index in [1.807, 2.05) is 6.92 Å². The largest absolute Gasteiger partial charge is 0.466 e. The van der Waals surface area contributed by atoms with Crippen LogP contribution in [0.3, 0.4) is 0 Å². The fourth-order valence-corrected chi connectivity index (χ4v) is 4.82. The number of benzene rings is 1. The highest BCUT2D eigenvalue weighted by atomic mass is 35.5. The Balaban J connectivity index is 1.68. The second-order valence-electron chi connectivity index (χ2n) is 6.35. The molecule has 1 atom stereocenters. The zero-order chi connectivity index (χ0) is 19.0. The fraction of sp³-hybridized carbons (Fsp3) is 0.316. The van der Waals surface area contributed by atoms with Crippen molar-refractivity contribution in [3.8, 4) is 0 Å². The number of anilines is 2. The van der Waals surface area contributed by atoms with Crippen LogP contribution in [0.5, 0.6) is 0 Å². The van der Waals surface area contributed by atoms with Gasteiger partial charge >= 0.3 is 5.97 Å². The molecule has 1 N–H and O–H groups in total. The van der Waals surface area contributed by atoms with Gasteiger partial charge < -0.3 is 10.1 Å². The number of ether oxygens (including phenoxy) is 1. The number of carbonyl (C=O) groups excluding carboxylic acids is 1. The summed E-state index contributed by atoms with van der Waals surface area (Å²) in [6.07, 6.45) is 3.68. The van der Waals surface area contributed by atoms with Gasteiger partial charge in [0.2, 0.25) is 0 Å². The Labute approximate surface area is 164 Å². The molecule has 2 aromatic heterocycles.